The highest BCUT2D eigenvalue weighted by Gasteiger charge is 2.20. The molecule has 0 saturated carbocycles. The van der Waals surface area contributed by atoms with Gasteiger partial charge in [-0.2, -0.15) is 0 Å². The van der Waals surface area contributed by atoms with Gasteiger partial charge >= 0.3 is 0 Å². The summed E-state index contributed by atoms with van der Waals surface area (Å²) in [5, 5.41) is 3.84. The van der Waals surface area contributed by atoms with Crippen molar-refractivity contribution in [3.05, 3.63) is 58.1 Å². The fraction of sp³-hybridized carbons (Fsp3) is 0.381. The number of halogens is 1. The molecule has 0 radical (unpaired) electrons. The maximum absolute atomic E-state index is 12.5. The predicted molar refractivity (Wildman–Crippen MR) is 109 cm³/mol. The van der Waals surface area contributed by atoms with Crippen molar-refractivity contribution < 1.29 is 4.79 Å². The summed E-state index contributed by atoms with van der Waals surface area (Å²) in [6.07, 6.45) is 0. The molecule has 1 aliphatic rings. The Morgan fingerprint density at radius 2 is 1.65 bits per heavy atom. The zero-order valence-electron chi connectivity index (χ0n) is 15.7. The van der Waals surface area contributed by atoms with E-state index in [9.17, 15) is 4.79 Å². The first-order valence-electron chi connectivity index (χ1n) is 9.03. The van der Waals surface area contributed by atoms with E-state index < -0.39 is 0 Å². The molecule has 0 aromatic heterocycles. The molecule has 1 aliphatic heterocycles. The highest BCUT2D eigenvalue weighted by atomic mass is 35.5. The van der Waals surface area contributed by atoms with Gasteiger partial charge < -0.3 is 10.2 Å². The average Bonchev–Trinajstić information content (AvgIpc) is 2.61. The van der Waals surface area contributed by atoms with Crippen LogP contribution < -0.4 is 10.2 Å². The molecule has 0 spiro atoms. The van der Waals surface area contributed by atoms with Crippen LogP contribution in [0.1, 0.15) is 16.7 Å². The number of carbonyl (C=O) groups is 1. The number of amides is 1. The van der Waals surface area contributed by atoms with Crippen LogP contribution in [0.2, 0.25) is 5.02 Å². The van der Waals surface area contributed by atoms with Gasteiger partial charge in [-0.25, -0.2) is 0 Å². The molecule has 1 fully saturated rings. The zero-order chi connectivity index (χ0) is 18.7. The third-order valence-corrected chi connectivity index (χ3v) is 5.23. The Morgan fingerprint density at radius 1 is 1.00 bits per heavy atom. The van der Waals surface area contributed by atoms with Crippen LogP contribution in [0.4, 0.5) is 11.4 Å². The van der Waals surface area contributed by atoms with Crippen molar-refractivity contribution >= 4 is 28.9 Å². The minimum absolute atomic E-state index is 0.0507. The van der Waals surface area contributed by atoms with Crippen molar-refractivity contribution in [2.24, 2.45) is 0 Å². The molecule has 1 amide bonds. The van der Waals surface area contributed by atoms with E-state index in [1.54, 1.807) is 0 Å². The third-order valence-electron chi connectivity index (χ3n) is 5.00. The Bertz CT molecular complexity index is 778. The molecule has 3 rings (SSSR count). The number of para-hydroxylation sites is 1. The molecule has 0 unspecified atom stereocenters. The summed E-state index contributed by atoms with van der Waals surface area (Å²) in [5.74, 6) is 0.0507. The lowest BCUT2D eigenvalue weighted by atomic mass is 10.1. The lowest BCUT2D eigenvalue weighted by Gasteiger charge is -2.36. The zero-order valence-corrected chi connectivity index (χ0v) is 16.4. The van der Waals surface area contributed by atoms with E-state index in [1.165, 1.54) is 11.3 Å². The molecule has 0 atom stereocenters. The highest BCUT2D eigenvalue weighted by molar-refractivity contribution is 6.30. The largest absolute Gasteiger partial charge is 0.369 e. The number of carbonyl (C=O) groups excluding carboxylic acids is 1. The molecule has 2 aromatic carbocycles. The van der Waals surface area contributed by atoms with Crippen LogP contribution in [0.3, 0.4) is 0 Å². The van der Waals surface area contributed by atoms with Crippen LogP contribution in [0.5, 0.6) is 0 Å². The average molecular weight is 372 g/mol. The number of rotatable bonds is 4. The standard InChI is InChI=1S/C21H26ClN3O/c1-15-7-8-18(22)13-19(15)25-11-9-24(10-12-25)14-20(26)23-21-16(2)5-4-6-17(21)3/h4-8,13H,9-12,14H2,1-3H3,(H,23,26). The SMILES string of the molecule is Cc1ccc(Cl)cc1N1CCN(CC(=O)Nc2c(C)cccc2C)CC1. The topological polar surface area (TPSA) is 35.6 Å². The fourth-order valence-electron chi connectivity index (χ4n) is 3.46. The highest BCUT2D eigenvalue weighted by Crippen LogP contribution is 2.25. The van der Waals surface area contributed by atoms with Gasteiger partial charge in [-0.1, -0.05) is 35.9 Å². The summed E-state index contributed by atoms with van der Waals surface area (Å²) in [5.41, 5.74) is 5.55. The summed E-state index contributed by atoms with van der Waals surface area (Å²) in [6.45, 7) is 10.1. The number of piperazine rings is 1. The van der Waals surface area contributed by atoms with Gasteiger partial charge in [0.1, 0.15) is 0 Å². The van der Waals surface area contributed by atoms with Gasteiger partial charge in [0.2, 0.25) is 5.91 Å². The molecule has 1 saturated heterocycles. The minimum atomic E-state index is 0.0507. The first-order valence-corrected chi connectivity index (χ1v) is 9.41. The molecular formula is C21H26ClN3O. The third kappa shape index (κ3) is 4.37. The summed E-state index contributed by atoms with van der Waals surface area (Å²) >= 11 is 6.15. The molecule has 2 aromatic rings. The summed E-state index contributed by atoms with van der Waals surface area (Å²) in [4.78, 5) is 17.0. The predicted octanol–water partition coefficient (Wildman–Crippen LogP) is 4.03. The summed E-state index contributed by atoms with van der Waals surface area (Å²) in [6, 6.07) is 12.1. The van der Waals surface area contributed by atoms with Crippen LogP contribution >= 0.6 is 11.6 Å². The van der Waals surface area contributed by atoms with E-state index in [0.717, 1.165) is 48.0 Å². The van der Waals surface area contributed by atoms with Crippen molar-refractivity contribution in [2.75, 3.05) is 42.9 Å². The van der Waals surface area contributed by atoms with Gasteiger partial charge in [-0.3, -0.25) is 9.69 Å². The Balaban J connectivity index is 1.55. The second-order valence-electron chi connectivity index (χ2n) is 7.01. The second kappa shape index (κ2) is 8.11. The fourth-order valence-corrected chi connectivity index (χ4v) is 3.63. The molecule has 0 bridgehead atoms. The molecule has 4 nitrogen and oxygen atoms in total. The molecule has 138 valence electrons. The van der Waals surface area contributed by atoms with Crippen LogP contribution in [0.25, 0.3) is 0 Å². The molecule has 5 heteroatoms. The number of hydrogen-bond donors (Lipinski definition) is 1. The Morgan fingerprint density at radius 3 is 2.31 bits per heavy atom. The minimum Gasteiger partial charge on any atom is -0.369 e. The van der Waals surface area contributed by atoms with Crippen LogP contribution in [-0.2, 0) is 4.79 Å². The first-order chi connectivity index (χ1) is 12.4. The van der Waals surface area contributed by atoms with Gasteiger partial charge in [0.15, 0.2) is 0 Å². The molecule has 0 aliphatic carbocycles. The Labute approximate surface area is 160 Å². The van der Waals surface area contributed by atoms with Gasteiger partial charge in [-0.05, 0) is 49.6 Å². The molecule has 1 N–H and O–H groups in total. The van der Waals surface area contributed by atoms with Crippen molar-refractivity contribution in [1.29, 1.82) is 0 Å². The Kier molecular flexibility index (Phi) is 5.84. The first kappa shape index (κ1) is 18.7. The monoisotopic (exact) mass is 371 g/mol. The molecule has 1 heterocycles. The molecule has 26 heavy (non-hydrogen) atoms. The maximum atomic E-state index is 12.5. The van der Waals surface area contributed by atoms with Crippen molar-refractivity contribution in [3.63, 3.8) is 0 Å². The number of benzene rings is 2. The summed E-state index contributed by atoms with van der Waals surface area (Å²) < 4.78 is 0. The summed E-state index contributed by atoms with van der Waals surface area (Å²) in [7, 11) is 0. The number of nitrogens with one attached hydrogen (secondary N) is 1. The number of aryl methyl sites for hydroxylation is 3. The lowest BCUT2D eigenvalue weighted by Crippen LogP contribution is -2.48. The van der Waals surface area contributed by atoms with Crippen LogP contribution in [0, 0.1) is 20.8 Å². The van der Waals surface area contributed by atoms with Gasteiger partial charge in [0, 0.05) is 42.6 Å². The second-order valence-corrected chi connectivity index (χ2v) is 7.45. The van der Waals surface area contributed by atoms with Crippen molar-refractivity contribution in [1.82, 2.24) is 4.90 Å². The van der Waals surface area contributed by atoms with E-state index in [0.29, 0.717) is 6.54 Å². The number of hydrogen-bond acceptors (Lipinski definition) is 3. The maximum Gasteiger partial charge on any atom is 0.238 e. The van der Waals surface area contributed by atoms with Crippen molar-refractivity contribution in [3.8, 4) is 0 Å². The van der Waals surface area contributed by atoms with Crippen molar-refractivity contribution in [2.45, 2.75) is 20.8 Å². The van der Waals surface area contributed by atoms with E-state index in [-0.39, 0.29) is 5.91 Å². The van der Waals surface area contributed by atoms with Crippen LogP contribution in [0.15, 0.2) is 36.4 Å². The Hall–Kier alpha value is -2.04. The lowest BCUT2D eigenvalue weighted by molar-refractivity contribution is -0.117. The van der Waals surface area contributed by atoms with E-state index in [2.05, 4.69) is 28.1 Å². The van der Waals surface area contributed by atoms with Gasteiger partial charge in [0.05, 0.1) is 6.54 Å². The van der Waals surface area contributed by atoms with E-state index >= 15 is 0 Å². The number of nitrogens with zero attached hydrogens (tertiary/aromatic N) is 2. The van der Waals surface area contributed by atoms with Gasteiger partial charge in [0.25, 0.3) is 0 Å². The van der Waals surface area contributed by atoms with E-state index in [4.69, 9.17) is 11.6 Å². The van der Waals surface area contributed by atoms with Crippen LogP contribution in [-0.4, -0.2) is 43.5 Å². The number of anilines is 2. The quantitative estimate of drug-likeness (QED) is 0.881. The smallest absolute Gasteiger partial charge is 0.238 e. The van der Waals surface area contributed by atoms with E-state index in [1.807, 2.05) is 44.2 Å². The van der Waals surface area contributed by atoms with Gasteiger partial charge in [-0.15, -0.1) is 0 Å². The molecular weight excluding hydrogens is 346 g/mol. The normalized spacial score (nSPS) is 15.2.